The minimum absolute atomic E-state index is 0.0956. The highest BCUT2D eigenvalue weighted by molar-refractivity contribution is 5.64. The molecule has 21 heavy (non-hydrogen) atoms. The molecule has 8 heteroatoms. The first-order chi connectivity index (χ1) is 10.1. The van der Waals surface area contributed by atoms with E-state index < -0.39 is 6.61 Å². The molecule has 0 spiro atoms. The lowest BCUT2D eigenvalue weighted by atomic mass is 10.2. The predicted molar refractivity (Wildman–Crippen MR) is 75.6 cm³/mol. The Kier molecular flexibility index (Phi) is 4.83. The number of ether oxygens (including phenoxy) is 1. The van der Waals surface area contributed by atoms with Crippen LogP contribution in [0.3, 0.4) is 0 Å². The number of halogens is 2. The number of nitrogens with zero attached hydrogens (tertiary/aromatic N) is 2. The maximum atomic E-state index is 12.1. The molecule has 0 atom stereocenters. The molecule has 1 aromatic heterocycles. The smallest absolute Gasteiger partial charge is 0.387 e. The molecule has 0 saturated carbocycles. The second-order valence-corrected chi connectivity index (χ2v) is 4.08. The molecular formula is C13H15F2N5O. The lowest BCUT2D eigenvalue weighted by Gasteiger charge is -2.13. The molecule has 2 aromatic rings. The first-order valence-electron chi connectivity index (χ1n) is 6.26. The number of hydrazine groups is 1. The number of aromatic nitrogens is 2. The molecule has 0 aliphatic heterocycles. The summed E-state index contributed by atoms with van der Waals surface area (Å²) in [6.07, 6.45) is 2.06. The summed E-state index contributed by atoms with van der Waals surface area (Å²) in [5.41, 5.74) is 4.02. The zero-order chi connectivity index (χ0) is 15.2. The maximum Gasteiger partial charge on any atom is 0.387 e. The number of anilines is 3. The summed E-state index contributed by atoms with van der Waals surface area (Å²) < 4.78 is 28.4. The van der Waals surface area contributed by atoms with E-state index in [9.17, 15) is 8.78 Å². The van der Waals surface area contributed by atoms with Gasteiger partial charge in [0, 0.05) is 11.3 Å². The van der Waals surface area contributed by atoms with Crippen molar-refractivity contribution in [2.24, 2.45) is 5.84 Å². The molecule has 4 N–H and O–H groups in total. The molecule has 0 saturated heterocycles. The lowest BCUT2D eigenvalue weighted by molar-refractivity contribution is -0.0498. The van der Waals surface area contributed by atoms with E-state index in [1.807, 2.05) is 6.92 Å². The van der Waals surface area contributed by atoms with Gasteiger partial charge >= 0.3 is 6.61 Å². The summed E-state index contributed by atoms with van der Waals surface area (Å²) in [6.45, 7) is -0.889. The van der Waals surface area contributed by atoms with E-state index in [0.29, 0.717) is 23.7 Å². The maximum absolute atomic E-state index is 12.1. The monoisotopic (exact) mass is 295 g/mol. The van der Waals surface area contributed by atoms with E-state index in [1.54, 1.807) is 12.1 Å². The van der Waals surface area contributed by atoms with Crippen LogP contribution in [0.2, 0.25) is 0 Å². The van der Waals surface area contributed by atoms with Gasteiger partial charge in [-0.25, -0.2) is 15.8 Å². The Morgan fingerprint density at radius 3 is 2.43 bits per heavy atom. The van der Waals surface area contributed by atoms with E-state index in [4.69, 9.17) is 5.84 Å². The Bertz CT molecular complexity index is 592. The van der Waals surface area contributed by atoms with Crippen molar-refractivity contribution in [3.63, 3.8) is 0 Å². The highest BCUT2D eigenvalue weighted by Crippen LogP contribution is 2.25. The van der Waals surface area contributed by atoms with Gasteiger partial charge in [0.05, 0.1) is 0 Å². The number of alkyl halides is 2. The van der Waals surface area contributed by atoms with Gasteiger partial charge in [-0.05, 0) is 30.7 Å². The third-order valence-electron chi connectivity index (χ3n) is 2.78. The zero-order valence-corrected chi connectivity index (χ0v) is 11.3. The Morgan fingerprint density at radius 2 is 1.86 bits per heavy atom. The summed E-state index contributed by atoms with van der Waals surface area (Å²) in [4.78, 5) is 8.18. The van der Waals surface area contributed by atoms with Crippen molar-refractivity contribution in [1.82, 2.24) is 9.97 Å². The van der Waals surface area contributed by atoms with Gasteiger partial charge in [0.25, 0.3) is 0 Å². The van der Waals surface area contributed by atoms with Crippen LogP contribution in [-0.4, -0.2) is 16.6 Å². The van der Waals surface area contributed by atoms with Crippen molar-refractivity contribution >= 4 is 17.3 Å². The fraction of sp³-hybridized carbons (Fsp3) is 0.231. The molecule has 0 aliphatic rings. The van der Waals surface area contributed by atoms with Crippen LogP contribution in [-0.2, 0) is 6.42 Å². The topological polar surface area (TPSA) is 85.1 Å². The fourth-order valence-corrected chi connectivity index (χ4v) is 1.84. The number of nitrogens with one attached hydrogen (secondary N) is 2. The second-order valence-electron chi connectivity index (χ2n) is 4.08. The van der Waals surface area contributed by atoms with E-state index in [0.717, 1.165) is 5.56 Å². The van der Waals surface area contributed by atoms with E-state index in [2.05, 4.69) is 25.4 Å². The molecule has 0 radical (unpaired) electrons. The van der Waals surface area contributed by atoms with Crippen molar-refractivity contribution in [2.45, 2.75) is 20.0 Å². The molecular weight excluding hydrogens is 280 g/mol. The van der Waals surface area contributed by atoms with Crippen LogP contribution in [0.5, 0.6) is 5.75 Å². The fourth-order valence-electron chi connectivity index (χ4n) is 1.84. The second kappa shape index (κ2) is 6.80. The number of rotatable bonds is 6. The third kappa shape index (κ3) is 3.76. The highest BCUT2D eigenvalue weighted by Gasteiger charge is 2.09. The quantitative estimate of drug-likeness (QED) is 0.561. The predicted octanol–water partition coefficient (Wildman–Crippen LogP) is 2.67. The van der Waals surface area contributed by atoms with Gasteiger partial charge < -0.3 is 15.5 Å². The Hall–Kier alpha value is -2.48. The summed E-state index contributed by atoms with van der Waals surface area (Å²) in [5.74, 6) is 6.63. The first kappa shape index (κ1) is 14.9. The molecule has 0 fully saturated rings. The van der Waals surface area contributed by atoms with Gasteiger partial charge in [-0.3, -0.25) is 0 Å². The average molecular weight is 295 g/mol. The lowest BCUT2D eigenvalue weighted by Crippen LogP contribution is -2.13. The standard InChI is InChI=1S/C13H15F2N5O/c1-2-10-11(17-7-18-12(10)20-16)19-8-3-5-9(6-4-8)21-13(14)15/h3-7,13H,2,16H2,1H3,(H2,17,18,19,20). The molecule has 112 valence electrons. The normalized spacial score (nSPS) is 10.5. The summed E-state index contributed by atoms with van der Waals surface area (Å²) >= 11 is 0. The summed E-state index contributed by atoms with van der Waals surface area (Å²) in [6, 6.07) is 6.14. The van der Waals surface area contributed by atoms with Gasteiger partial charge in [-0.1, -0.05) is 6.92 Å². The minimum atomic E-state index is -2.84. The number of nitrogen functional groups attached to an aromatic ring is 1. The molecule has 6 nitrogen and oxygen atoms in total. The van der Waals surface area contributed by atoms with Gasteiger partial charge in [-0.15, -0.1) is 0 Å². The van der Waals surface area contributed by atoms with Crippen molar-refractivity contribution in [1.29, 1.82) is 0 Å². The molecule has 0 amide bonds. The zero-order valence-electron chi connectivity index (χ0n) is 11.3. The van der Waals surface area contributed by atoms with Crippen molar-refractivity contribution < 1.29 is 13.5 Å². The summed E-state index contributed by atoms with van der Waals surface area (Å²) in [5, 5.41) is 3.09. The van der Waals surface area contributed by atoms with E-state index in [-0.39, 0.29) is 5.75 Å². The van der Waals surface area contributed by atoms with Crippen LogP contribution in [0.4, 0.5) is 26.1 Å². The molecule has 0 unspecified atom stereocenters. The van der Waals surface area contributed by atoms with Crippen LogP contribution in [0.1, 0.15) is 12.5 Å². The minimum Gasteiger partial charge on any atom is -0.435 e. The number of hydrogen-bond donors (Lipinski definition) is 3. The molecule has 0 bridgehead atoms. The van der Waals surface area contributed by atoms with Gasteiger partial charge in [-0.2, -0.15) is 8.78 Å². The molecule has 0 aliphatic carbocycles. The highest BCUT2D eigenvalue weighted by atomic mass is 19.3. The molecule has 2 rings (SSSR count). The van der Waals surface area contributed by atoms with Crippen LogP contribution < -0.4 is 21.3 Å². The number of benzene rings is 1. The Balaban J connectivity index is 2.18. The van der Waals surface area contributed by atoms with Crippen molar-refractivity contribution in [3.8, 4) is 5.75 Å². The molecule has 1 aromatic carbocycles. The SMILES string of the molecule is CCc1c(NN)ncnc1Nc1ccc(OC(F)F)cc1. The third-order valence-corrected chi connectivity index (χ3v) is 2.78. The first-order valence-corrected chi connectivity index (χ1v) is 6.26. The van der Waals surface area contributed by atoms with Gasteiger partial charge in [0.1, 0.15) is 23.7 Å². The largest absolute Gasteiger partial charge is 0.435 e. The molecule has 1 heterocycles. The van der Waals surface area contributed by atoms with Crippen LogP contribution in [0.25, 0.3) is 0 Å². The number of hydrogen-bond acceptors (Lipinski definition) is 6. The van der Waals surface area contributed by atoms with E-state index in [1.165, 1.54) is 18.5 Å². The van der Waals surface area contributed by atoms with Crippen molar-refractivity contribution in [3.05, 3.63) is 36.2 Å². The van der Waals surface area contributed by atoms with E-state index >= 15 is 0 Å². The Labute approximate surface area is 120 Å². The van der Waals surface area contributed by atoms with Crippen LogP contribution in [0, 0.1) is 0 Å². The van der Waals surface area contributed by atoms with Gasteiger partial charge in [0.2, 0.25) is 0 Å². The number of nitrogens with two attached hydrogens (primary N) is 1. The average Bonchev–Trinajstić information content (AvgIpc) is 2.48. The van der Waals surface area contributed by atoms with Crippen LogP contribution >= 0.6 is 0 Å². The summed E-state index contributed by atoms with van der Waals surface area (Å²) in [7, 11) is 0. The Morgan fingerprint density at radius 1 is 1.19 bits per heavy atom. The van der Waals surface area contributed by atoms with Crippen molar-refractivity contribution in [2.75, 3.05) is 10.7 Å². The van der Waals surface area contributed by atoms with Gasteiger partial charge in [0.15, 0.2) is 0 Å². The van der Waals surface area contributed by atoms with Crippen LogP contribution in [0.15, 0.2) is 30.6 Å².